The van der Waals surface area contributed by atoms with E-state index < -0.39 is 24.3 Å². The Morgan fingerprint density at radius 3 is 1.98 bits per heavy atom. The van der Waals surface area contributed by atoms with Gasteiger partial charge in [-0.1, -0.05) is 78.9 Å². The fraction of sp³-hybridized carbons (Fsp3) is 0.373. The number of carbonyl (C=O) groups excluding carboxylic acids is 4. The summed E-state index contributed by atoms with van der Waals surface area (Å²) in [5.74, 6) is 1.14. The minimum absolute atomic E-state index is 0.0306. The van der Waals surface area contributed by atoms with Crippen LogP contribution >= 0.6 is 0 Å². The van der Waals surface area contributed by atoms with Crippen molar-refractivity contribution in [2.24, 2.45) is 11.3 Å². The molecule has 0 unspecified atom stereocenters. The van der Waals surface area contributed by atoms with Gasteiger partial charge in [-0.15, -0.1) is 0 Å². The Morgan fingerprint density at radius 2 is 1.30 bits per heavy atom. The molecule has 1 spiro atoms. The smallest absolute Gasteiger partial charge is 0.407 e. The van der Waals surface area contributed by atoms with Crippen LogP contribution in [0.15, 0.2) is 103 Å². The van der Waals surface area contributed by atoms with Gasteiger partial charge in [-0.25, -0.2) is 19.6 Å². The molecule has 4 amide bonds. The quantitative estimate of drug-likeness (QED) is 0.0995. The predicted molar refractivity (Wildman–Crippen MR) is 247 cm³/mol. The summed E-state index contributed by atoms with van der Waals surface area (Å²) in [5, 5.41) is 7.78. The van der Waals surface area contributed by atoms with E-state index >= 15 is 0 Å². The molecule has 6 aromatic rings. The topological polar surface area (TPSA) is 184 Å². The van der Waals surface area contributed by atoms with Gasteiger partial charge in [0.25, 0.3) is 5.91 Å². The first-order valence-corrected chi connectivity index (χ1v) is 22.9. The average Bonchev–Trinajstić information content (AvgIpc) is 3.90. The number of nitrogens with zero attached hydrogens (tertiary/aromatic N) is 4. The second-order valence-corrected chi connectivity index (χ2v) is 18.1. The number of fused-ring (bicyclic) bond motifs is 1. The maximum atomic E-state index is 14.3. The molecule has 1 saturated carbocycles. The Morgan fingerprint density at radius 1 is 0.697 bits per heavy atom. The number of H-pyrrole nitrogens is 2. The summed E-state index contributed by atoms with van der Waals surface area (Å²) in [7, 11) is 2.61. The van der Waals surface area contributed by atoms with Crippen LogP contribution in [0.5, 0.6) is 0 Å². The van der Waals surface area contributed by atoms with Crippen LogP contribution in [-0.2, 0) is 23.8 Å². The lowest BCUT2D eigenvalue weighted by molar-refractivity contribution is -0.137. The number of benzene rings is 4. The molecule has 340 valence electrons. The third kappa shape index (κ3) is 8.62. The van der Waals surface area contributed by atoms with E-state index in [1.807, 2.05) is 52.5 Å². The molecule has 5 heterocycles. The molecule has 1 aliphatic carbocycles. The number of methoxy groups -OCH3 is 2. The number of carbonyl (C=O) groups is 4. The highest BCUT2D eigenvalue weighted by Crippen LogP contribution is 2.58. The molecule has 4 aromatic carbocycles. The summed E-state index contributed by atoms with van der Waals surface area (Å²) >= 11 is 0. The van der Waals surface area contributed by atoms with E-state index in [1.165, 1.54) is 14.2 Å². The molecule has 2 aromatic heterocycles. The molecular formula is C51H54N8O7. The zero-order chi connectivity index (χ0) is 45.4. The molecule has 4 atom stereocenters. The van der Waals surface area contributed by atoms with E-state index in [1.54, 1.807) is 0 Å². The highest BCUT2D eigenvalue weighted by Gasteiger charge is 2.55. The summed E-state index contributed by atoms with van der Waals surface area (Å²) in [6, 6.07) is 28.4. The number of imidazole rings is 2. The van der Waals surface area contributed by atoms with E-state index in [-0.39, 0.29) is 35.2 Å². The van der Waals surface area contributed by atoms with E-state index in [4.69, 9.17) is 24.2 Å². The molecule has 0 bridgehead atoms. The Labute approximate surface area is 382 Å². The van der Waals surface area contributed by atoms with E-state index in [0.717, 1.165) is 88.2 Å². The van der Waals surface area contributed by atoms with Crippen molar-refractivity contribution in [3.05, 3.63) is 121 Å². The highest BCUT2D eigenvalue weighted by molar-refractivity contribution is 5.91. The number of rotatable bonds is 11. The minimum Gasteiger partial charge on any atom is -0.453 e. The van der Waals surface area contributed by atoms with Crippen LogP contribution in [0.3, 0.4) is 0 Å². The summed E-state index contributed by atoms with van der Waals surface area (Å²) in [6.45, 7) is 2.32. The second-order valence-electron chi connectivity index (χ2n) is 18.1. The predicted octanol–water partition coefficient (Wildman–Crippen LogP) is 8.25. The molecular weight excluding hydrogens is 837 g/mol. The van der Waals surface area contributed by atoms with Crippen molar-refractivity contribution in [3.63, 3.8) is 0 Å². The summed E-state index contributed by atoms with van der Waals surface area (Å²) < 4.78 is 15.3. The summed E-state index contributed by atoms with van der Waals surface area (Å²) in [6.07, 6.45) is 8.34. The van der Waals surface area contributed by atoms with Gasteiger partial charge in [0.15, 0.2) is 0 Å². The monoisotopic (exact) mass is 890 g/mol. The molecule has 15 heteroatoms. The van der Waals surface area contributed by atoms with Gasteiger partial charge in [-0.2, -0.15) is 0 Å². The van der Waals surface area contributed by atoms with Crippen LogP contribution in [-0.4, -0.2) is 100 Å². The second kappa shape index (κ2) is 18.1. The lowest BCUT2D eigenvalue weighted by Gasteiger charge is -2.34. The van der Waals surface area contributed by atoms with Gasteiger partial charge in [-0.3, -0.25) is 9.59 Å². The first kappa shape index (κ1) is 42.9. The van der Waals surface area contributed by atoms with Gasteiger partial charge < -0.3 is 44.6 Å². The number of hydrogen-bond acceptors (Lipinski definition) is 9. The first-order valence-electron chi connectivity index (χ1n) is 22.9. The van der Waals surface area contributed by atoms with Crippen LogP contribution in [0, 0.1) is 11.3 Å². The van der Waals surface area contributed by atoms with Crippen LogP contribution in [0.1, 0.15) is 80.3 Å². The molecule has 3 aliphatic heterocycles. The molecule has 3 saturated heterocycles. The Balaban J connectivity index is 0.822. The number of alkyl carbamates (subject to hydrolysis) is 2. The van der Waals surface area contributed by atoms with Gasteiger partial charge in [0, 0.05) is 31.9 Å². The number of aromatic amines is 2. The van der Waals surface area contributed by atoms with Gasteiger partial charge in [0.05, 0.1) is 50.1 Å². The van der Waals surface area contributed by atoms with Crippen molar-refractivity contribution < 1.29 is 33.4 Å². The van der Waals surface area contributed by atoms with Crippen LogP contribution in [0.4, 0.5) is 9.59 Å². The zero-order valence-corrected chi connectivity index (χ0v) is 37.1. The number of ether oxygens (including phenoxy) is 3. The first-order chi connectivity index (χ1) is 32.2. The van der Waals surface area contributed by atoms with Crippen molar-refractivity contribution >= 4 is 34.8 Å². The van der Waals surface area contributed by atoms with Crippen molar-refractivity contribution in [2.75, 3.05) is 40.5 Å². The molecule has 4 aliphatic rings. The van der Waals surface area contributed by atoms with E-state index in [2.05, 4.69) is 81.3 Å². The lowest BCUT2D eigenvalue weighted by Crippen LogP contribution is -2.53. The SMILES string of the molecule is COC(=O)N[C@H](C(=O)N1CCC[C@H]1c1ncc(-c2ccc3cc(-c4ccc(-c5cnc([C@@H]6CC7(CC7)CN6C(=O)[C@H](NC(=O)OC)c6ccccc6)[nH]5)cc4)ccc3c2)[nH]1)C1CCOCC1. The number of likely N-dealkylation sites (tertiary alicyclic amines) is 2. The standard InChI is InChI=1S/C51H54N8O7/c1-64-49(62)56-43(33-7-4-3-5-8-33)48(61)59-30-51(20-21-51)27-42(59)46-53-28-39(54-46)32-12-10-31(11-13-32)35-14-15-37-26-38(17-16-36(37)25-35)40-29-52-45(55-40)41-9-6-22-58(41)47(60)44(57-50(63)65-2)34-18-23-66-24-19-34/h3-5,7-8,10-17,25-26,28-29,34,41-44H,6,9,18-24,27,30H2,1-2H3,(H,52,55)(H,53,54)(H,56,62)(H,57,63)/t41-,42-,43+,44-/m0/s1. The minimum atomic E-state index is -0.881. The number of amides is 4. The molecule has 0 radical (unpaired) electrons. The lowest BCUT2D eigenvalue weighted by atomic mass is 9.90. The third-order valence-electron chi connectivity index (χ3n) is 14.1. The molecule has 15 nitrogen and oxygen atoms in total. The van der Waals surface area contributed by atoms with Gasteiger partial charge in [0.2, 0.25) is 5.91 Å². The maximum Gasteiger partial charge on any atom is 0.407 e. The van der Waals surface area contributed by atoms with E-state index in [0.29, 0.717) is 44.7 Å². The molecule has 66 heavy (non-hydrogen) atoms. The van der Waals surface area contributed by atoms with Gasteiger partial charge in [0.1, 0.15) is 23.7 Å². The van der Waals surface area contributed by atoms with Crippen molar-refractivity contribution in [1.82, 2.24) is 40.4 Å². The average molecular weight is 891 g/mol. The maximum absolute atomic E-state index is 14.3. The Bertz CT molecular complexity index is 2740. The molecule has 4 N–H and O–H groups in total. The van der Waals surface area contributed by atoms with Crippen LogP contribution < -0.4 is 10.6 Å². The fourth-order valence-corrected chi connectivity index (χ4v) is 10.2. The van der Waals surface area contributed by atoms with Gasteiger partial charge in [-0.05, 0) is 101 Å². The largest absolute Gasteiger partial charge is 0.453 e. The summed E-state index contributed by atoms with van der Waals surface area (Å²) in [5.41, 5.74) is 6.64. The number of hydrogen-bond donors (Lipinski definition) is 4. The molecule has 4 fully saturated rings. The van der Waals surface area contributed by atoms with Crippen molar-refractivity contribution in [3.8, 4) is 33.6 Å². The van der Waals surface area contributed by atoms with Crippen molar-refractivity contribution in [2.45, 2.75) is 69.1 Å². The fourth-order valence-electron chi connectivity index (χ4n) is 10.2. The number of aromatic nitrogens is 4. The van der Waals surface area contributed by atoms with Gasteiger partial charge >= 0.3 is 12.2 Å². The molecule has 10 rings (SSSR count). The third-order valence-corrected chi connectivity index (χ3v) is 14.1. The summed E-state index contributed by atoms with van der Waals surface area (Å²) in [4.78, 5) is 73.4. The highest BCUT2D eigenvalue weighted by atomic mass is 16.5. The van der Waals surface area contributed by atoms with E-state index in [9.17, 15) is 19.2 Å². The normalized spacial score (nSPS) is 20.0. The van der Waals surface area contributed by atoms with Crippen molar-refractivity contribution in [1.29, 1.82) is 0 Å². The van der Waals surface area contributed by atoms with Crippen LogP contribution in [0.2, 0.25) is 0 Å². The Hall–Kier alpha value is -7.00. The zero-order valence-electron chi connectivity index (χ0n) is 37.1. The Kier molecular flexibility index (Phi) is 11.8. The van der Waals surface area contributed by atoms with Crippen LogP contribution in [0.25, 0.3) is 44.4 Å². The number of nitrogens with one attached hydrogen (secondary N) is 4.